The maximum atomic E-state index is 6.10. The van der Waals surface area contributed by atoms with Gasteiger partial charge in [0.15, 0.2) is 11.5 Å². The molecule has 0 radical (unpaired) electrons. The van der Waals surface area contributed by atoms with Crippen molar-refractivity contribution in [3.63, 3.8) is 0 Å². The van der Waals surface area contributed by atoms with Crippen LogP contribution in [0, 0.1) is 6.92 Å². The summed E-state index contributed by atoms with van der Waals surface area (Å²) in [5.41, 5.74) is 2.77. The van der Waals surface area contributed by atoms with Crippen LogP contribution >= 0.6 is 11.6 Å². The van der Waals surface area contributed by atoms with Gasteiger partial charge in [-0.25, -0.2) is 0 Å². The highest BCUT2D eigenvalue weighted by molar-refractivity contribution is 6.31. The van der Waals surface area contributed by atoms with Crippen LogP contribution in [0.25, 0.3) is 0 Å². The van der Waals surface area contributed by atoms with E-state index in [1.165, 1.54) is 0 Å². The molecule has 0 aliphatic heterocycles. The second-order valence-corrected chi connectivity index (χ2v) is 4.72. The molecule has 0 aliphatic rings. The van der Waals surface area contributed by atoms with E-state index in [1.807, 2.05) is 25.1 Å². The van der Waals surface area contributed by atoms with E-state index in [-0.39, 0.29) is 0 Å². The van der Waals surface area contributed by atoms with Crippen LogP contribution in [0.3, 0.4) is 0 Å². The summed E-state index contributed by atoms with van der Waals surface area (Å²) >= 11 is 6.10. The van der Waals surface area contributed by atoms with Crippen molar-refractivity contribution in [2.75, 3.05) is 19.5 Å². The second kappa shape index (κ2) is 6.48. The van der Waals surface area contributed by atoms with Crippen LogP contribution < -0.4 is 14.8 Å². The van der Waals surface area contributed by atoms with E-state index in [0.29, 0.717) is 18.0 Å². The van der Waals surface area contributed by atoms with Crippen molar-refractivity contribution in [1.29, 1.82) is 0 Å². The first-order valence-corrected chi connectivity index (χ1v) is 6.59. The topological polar surface area (TPSA) is 43.4 Å². The number of nitrogens with zero attached hydrogens (tertiary/aromatic N) is 1. The van der Waals surface area contributed by atoms with Crippen LogP contribution in [0.15, 0.2) is 30.5 Å². The Hall–Kier alpha value is -1.94. The number of aryl methyl sites for hydroxylation is 1. The minimum absolute atomic E-state index is 0.528. The minimum Gasteiger partial charge on any atom is -0.493 e. The van der Waals surface area contributed by atoms with E-state index < -0.39 is 0 Å². The largest absolute Gasteiger partial charge is 0.493 e. The Morgan fingerprint density at radius 2 is 2.00 bits per heavy atom. The molecule has 0 unspecified atom stereocenters. The minimum atomic E-state index is 0.528. The van der Waals surface area contributed by atoms with Gasteiger partial charge in [-0.1, -0.05) is 17.7 Å². The number of pyridine rings is 1. The van der Waals surface area contributed by atoms with Crippen molar-refractivity contribution in [3.05, 3.63) is 46.7 Å². The van der Waals surface area contributed by atoms with Gasteiger partial charge >= 0.3 is 0 Å². The number of benzene rings is 1. The molecule has 0 atom stereocenters. The lowest BCUT2D eigenvalue weighted by Crippen LogP contribution is -2.05. The zero-order chi connectivity index (χ0) is 14.5. The van der Waals surface area contributed by atoms with Crippen LogP contribution in [0.4, 0.5) is 5.69 Å². The number of rotatable bonds is 5. The summed E-state index contributed by atoms with van der Waals surface area (Å²) < 4.78 is 10.6. The zero-order valence-electron chi connectivity index (χ0n) is 11.7. The fraction of sp³-hybridized carbons (Fsp3) is 0.267. The number of nitrogens with one attached hydrogen (secondary N) is 1. The summed E-state index contributed by atoms with van der Waals surface area (Å²) in [5.74, 6) is 1.31. The number of ether oxygens (including phenoxy) is 2. The summed E-state index contributed by atoms with van der Waals surface area (Å²) in [7, 11) is 3.21. The van der Waals surface area contributed by atoms with Gasteiger partial charge in [-0.05, 0) is 24.6 Å². The number of anilines is 1. The Morgan fingerprint density at radius 1 is 1.20 bits per heavy atom. The number of aromatic nitrogens is 1. The molecule has 2 aromatic rings. The standard InChI is InChI=1S/C15H17ClN2O2/c1-10-4-5-11(8-12(10)16)18-9-13-15(20-3)14(19-2)6-7-17-13/h4-8,18H,9H2,1-3H3. The predicted molar refractivity (Wildman–Crippen MR) is 80.9 cm³/mol. The van der Waals surface area contributed by atoms with Crippen molar-refractivity contribution >= 4 is 17.3 Å². The molecule has 0 bridgehead atoms. The molecule has 1 aromatic heterocycles. The number of hydrogen-bond acceptors (Lipinski definition) is 4. The van der Waals surface area contributed by atoms with Crippen LogP contribution in [0.2, 0.25) is 5.02 Å². The van der Waals surface area contributed by atoms with Gasteiger partial charge in [0.05, 0.1) is 20.8 Å². The Balaban J connectivity index is 2.16. The highest BCUT2D eigenvalue weighted by atomic mass is 35.5. The molecular weight excluding hydrogens is 276 g/mol. The van der Waals surface area contributed by atoms with Crippen molar-refractivity contribution in [1.82, 2.24) is 4.98 Å². The van der Waals surface area contributed by atoms with Gasteiger partial charge in [-0.3, -0.25) is 4.98 Å². The van der Waals surface area contributed by atoms with E-state index in [1.54, 1.807) is 26.5 Å². The number of methoxy groups -OCH3 is 2. The Morgan fingerprint density at radius 3 is 2.65 bits per heavy atom. The SMILES string of the molecule is COc1ccnc(CNc2ccc(C)c(Cl)c2)c1OC. The molecule has 1 aromatic carbocycles. The Bertz CT molecular complexity index is 602. The third-order valence-corrected chi connectivity index (χ3v) is 3.41. The monoisotopic (exact) mass is 292 g/mol. The molecule has 1 heterocycles. The molecule has 106 valence electrons. The van der Waals surface area contributed by atoms with E-state index >= 15 is 0 Å². The molecule has 1 N–H and O–H groups in total. The summed E-state index contributed by atoms with van der Waals surface area (Å²) in [6.07, 6.45) is 1.69. The molecule has 0 saturated heterocycles. The van der Waals surface area contributed by atoms with E-state index in [4.69, 9.17) is 21.1 Å². The Labute approximate surface area is 123 Å². The molecule has 0 fully saturated rings. The fourth-order valence-corrected chi connectivity index (χ4v) is 2.05. The lowest BCUT2D eigenvalue weighted by molar-refractivity contribution is 0.350. The first kappa shape index (κ1) is 14.5. The van der Waals surface area contributed by atoms with Gasteiger partial charge in [0.2, 0.25) is 0 Å². The first-order chi connectivity index (χ1) is 9.65. The summed E-state index contributed by atoms with van der Waals surface area (Å²) in [4.78, 5) is 4.31. The molecular formula is C15H17ClN2O2. The molecule has 0 amide bonds. The molecule has 0 saturated carbocycles. The Kier molecular flexibility index (Phi) is 4.69. The van der Waals surface area contributed by atoms with Gasteiger partial charge < -0.3 is 14.8 Å². The van der Waals surface area contributed by atoms with Gasteiger partial charge in [0, 0.05) is 23.0 Å². The highest BCUT2D eigenvalue weighted by Crippen LogP contribution is 2.29. The van der Waals surface area contributed by atoms with E-state index in [9.17, 15) is 0 Å². The van der Waals surface area contributed by atoms with Crippen molar-refractivity contribution in [3.8, 4) is 11.5 Å². The first-order valence-electron chi connectivity index (χ1n) is 6.21. The average molecular weight is 293 g/mol. The third-order valence-electron chi connectivity index (χ3n) is 3.00. The van der Waals surface area contributed by atoms with E-state index in [2.05, 4.69) is 10.3 Å². The van der Waals surface area contributed by atoms with Gasteiger partial charge in [0.1, 0.15) is 5.69 Å². The van der Waals surface area contributed by atoms with Crippen LogP contribution in [-0.4, -0.2) is 19.2 Å². The van der Waals surface area contributed by atoms with Crippen molar-refractivity contribution < 1.29 is 9.47 Å². The molecule has 5 heteroatoms. The van der Waals surface area contributed by atoms with Gasteiger partial charge in [-0.15, -0.1) is 0 Å². The van der Waals surface area contributed by atoms with Crippen molar-refractivity contribution in [2.45, 2.75) is 13.5 Å². The van der Waals surface area contributed by atoms with Crippen LogP contribution in [-0.2, 0) is 6.54 Å². The maximum Gasteiger partial charge on any atom is 0.184 e. The molecule has 20 heavy (non-hydrogen) atoms. The predicted octanol–water partition coefficient (Wildman–Crippen LogP) is 3.67. The van der Waals surface area contributed by atoms with Crippen LogP contribution in [0.5, 0.6) is 11.5 Å². The lowest BCUT2D eigenvalue weighted by atomic mass is 10.2. The second-order valence-electron chi connectivity index (χ2n) is 4.31. The number of halogens is 1. The molecule has 0 aliphatic carbocycles. The summed E-state index contributed by atoms with van der Waals surface area (Å²) in [5, 5.41) is 4.01. The maximum absolute atomic E-state index is 6.10. The summed E-state index contributed by atoms with van der Waals surface area (Å²) in [6.45, 7) is 2.50. The van der Waals surface area contributed by atoms with Crippen LogP contribution in [0.1, 0.15) is 11.3 Å². The van der Waals surface area contributed by atoms with Gasteiger partial charge in [-0.2, -0.15) is 0 Å². The highest BCUT2D eigenvalue weighted by Gasteiger charge is 2.10. The molecule has 2 rings (SSSR count). The average Bonchev–Trinajstić information content (AvgIpc) is 2.47. The smallest absolute Gasteiger partial charge is 0.184 e. The summed E-state index contributed by atoms with van der Waals surface area (Å²) in [6, 6.07) is 7.61. The molecule has 0 spiro atoms. The van der Waals surface area contributed by atoms with E-state index in [0.717, 1.165) is 22.0 Å². The zero-order valence-corrected chi connectivity index (χ0v) is 12.5. The number of hydrogen-bond donors (Lipinski definition) is 1. The third kappa shape index (κ3) is 3.14. The van der Waals surface area contributed by atoms with Crippen molar-refractivity contribution in [2.24, 2.45) is 0 Å². The lowest BCUT2D eigenvalue weighted by Gasteiger charge is -2.13. The fourth-order valence-electron chi connectivity index (χ4n) is 1.87. The van der Waals surface area contributed by atoms with Gasteiger partial charge in [0.25, 0.3) is 0 Å². The quantitative estimate of drug-likeness (QED) is 0.913. The normalized spacial score (nSPS) is 10.2. The molecule has 4 nitrogen and oxygen atoms in total.